The summed E-state index contributed by atoms with van der Waals surface area (Å²) in [5.41, 5.74) is 6.46. The quantitative estimate of drug-likeness (QED) is 0.412. The molecule has 6 nitrogen and oxygen atoms in total. The van der Waals surface area contributed by atoms with E-state index >= 15 is 0 Å². The first-order chi connectivity index (χ1) is 13.7. The third-order valence-electron chi connectivity index (χ3n) is 4.26. The number of aromatic amines is 1. The van der Waals surface area contributed by atoms with Gasteiger partial charge in [-0.1, -0.05) is 42.5 Å². The fourth-order valence-electron chi connectivity index (χ4n) is 2.84. The van der Waals surface area contributed by atoms with Gasteiger partial charge < -0.3 is 9.72 Å². The summed E-state index contributed by atoms with van der Waals surface area (Å²) in [6.07, 6.45) is 1.57. The average Bonchev–Trinajstić information content (AvgIpc) is 3.18. The smallest absolute Gasteiger partial charge is 0.271 e. The Labute approximate surface area is 161 Å². The van der Waals surface area contributed by atoms with Crippen LogP contribution in [0.3, 0.4) is 0 Å². The van der Waals surface area contributed by atoms with Crippen molar-refractivity contribution in [3.63, 3.8) is 0 Å². The molecule has 0 spiro atoms. The van der Waals surface area contributed by atoms with E-state index in [-0.39, 0.29) is 5.91 Å². The van der Waals surface area contributed by atoms with Gasteiger partial charge >= 0.3 is 0 Å². The number of rotatable bonds is 5. The molecule has 28 heavy (non-hydrogen) atoms. The standard InChI is InChI=1S/C22H18N4O2/c1-28-18-9-5-6-15(12-18)14-23-26-22(27)17-10-11-19-20(13-17)25-21(24-19)16-7-3-2-4-8-16/h2-14H,1H3,(H,24,25)(H,26,27)/b23-14+. The molecule has 0 aliphatic heterocycles. The van der Waals surface area contributed by atoms with Gasteiger partial charge in [-0.25, -0.2) is 10.4 Å². The van der Waals surface area contributed by atoms with Crippen molar-refractivity contribution < 1.29 is 9.53 Å². The van der Waals surface area contributed by atoms with Crippen LogP contribution in [-0.4, -0.2) is 29.2 Å². The van der Waals surface area contributed by atoms with Crippen molar-refractivity contribution in [1.29, 1.82) is 0 Å². The number of nitrogens with zero attached hydrogens (tertiary/aromatic N) is 2. The molecule has 138 valence electrons. The van der Waals surface area contributed by atoms with Crippen molar-refractivity contribution in [3.05, 3.63) is 83.9 Å². The van der Waals surface area contributed by atoms with Crippen LogP contribution in [0.4, 0.5) is 0 Å². The monoisotopic (exact) mass is 370 g/mol. The summed E-state index contributed by atoms with van der Waals surface area (Å²) in [6.45, 7) is 0. The van der Waals surface area contributed by atoms with Crippen LogP contribution in [-0.2, 0) is 0 Å². The molecule has 0 aliphatic carbocycles. The van der Waals surface area contributed by atoms with E-state index in [1.165, 1.54) is 0 Å². The maximum absolute atomic E-state index is 12.4. The van der Waals surface area contributed by atoms with Crippen LogP contribution in [0.15, 0.2) is 77.9 Å². The molecular formula is C22H18N4O2. The lowest BCUT2D eigenvalue weighted by atomic mass is 10.2. The Kier molecular flexibility index (Phi) is 4.84. The number of benzene rings is 3. The first-order valence-corrected chi connectivity index (χ1v) is 8.75. The number of aromatic nitrogens is 2. The summed E-state index contributed by atoms with van der Waals surface area (Å²) in [5.74, 6) is 1.20. The van der Waals surface area contributed by atoms with Crippen molar-refractivity contribution in [3.8, 4) is 17.1 Å². The molecule has 2 N–H and O–H groups in total. The maximum Gasteiger partial charge on any atom is 0.271 e. The van der Waals surface area contributed by atoms with Gasteiger partial charge in [-0.2, -0.15) is 5.10 Å². The van der Waals surface area contributed by atoms with E-state index in [9.17, 15) is 4.79 Å². The average molecular weight is 370 g/mol. The molecule has 0 aliphatic rings. The van der Waals surface area contributed by atoms with Gasteiger partial charge in [0.15, 0.2) is 0 Å². The zero-order chi connectivity index (χ0) is 19.3. The Balaban J connectivity index is 1.50. The molecule has 0 radical (unpaired) electrons. The molecule has 1 aromatic heterocycles. The lowest BCUT2D eigenvalue weighted by molar-refractivity contribution is 0.0955. The van der Waals surface area contributed by atoms with Gasteiger partial charge in [0.05, 0.1) is 24.4 Å². The SMILES string of the molecule is COc1cccc(/C=N/NC(=O)c2ccc3nc(-c4ccccc4)[nH]c3c2)c1. The predicted molar refractivity (Wildman–Crippen MR) is 110 cm³/mol. The maximum atomic E-state index is 12.4. The highest BCUT2D eigenvalue weighted by Crippen LogP contribution is 2.21. The number of amides is 1. The highest BCUT2D eigenvalue weighted by Gasteiger charge is 2.09. The topological polar surface area (TPSA) is 79.4 Å². The number of carbonyl (C=O) groups is 1. The number of H-pyrrole nitrogens is 1. The first kappa shape index (κ1) is 17.5. The molecule has 4 aromatic rings. The molecule has 4 rings (SSSR count). The highest BCUT2D eigenvalue weighted by atomic mass is 16.5. The number of hydrogen-bond donors (Lipinski definition) is 2. The fourth-order valence-corrected chi connectivity index (χ4v) is 2.84. The van der Waals surface area contributed by atoms with E-state index in [1.54, 1.807) is 25.5 Å². The van der Waals surface area contributed by atoms with E-state index in [2.05, 4.69) is 20.5 Å². The van der Waals surface area contributed by atoms with E-state index in [0.29, 0.717) is 5.56 Å². The number of hydrazone groups is 1. The lowest BCUT2D eigenvalue weighted by Crippen LogP contribution is -2.17. The van der Waals surface area contributed by atoms with E-state index in [4.69, 9.17) is 4.74 Å². The number of carbonyl (C=O) groups excluding carboxylic acids is 1. The van der Waals surface area contributed by atoms with Crippen LogP contribution >= 0.6 is 0 Å². The Morgan fingerprint density at radius 3 is 2.75 bits per heavy atom. The van der Waals surface area contributed by atoms with Crippen LogP contribution in [0.5, 0.6) is 5.75 Å². The predicted octanol–water partition coefficient (Wildman–Crippen LogP) is 4.00. The van der Waals surface area contributed by atoms with Crippen molar-refractivity contribution in [2.45, 2.75) is 0 Å². The van der Waals surface area contributed by atoms with Gasteiger partial charge in [0.2, 0.25) is 0 Å². The summed E-state index contributed by atoms with van der Waals surface area (Å²) >= 11 is 0. The van der Waals surface area contributed by atoms with Crippen LogP contribution in [0.2, 0.25) is 0 Å². The van der Waals surface area contributed by atoms with Gasteiger partial charge in [0, 0.05) is 11.1 Å². The van der Waals surface area contributed by atoms with Gasteiger partial charge in [0.25, 0.3) is 5.91 Å². The molecule has 0 fully saturated rings. The zero-order valence-corrected chi connectivity index (χ0v) is 15.2. The fraction of sp³-hybridized carbons (Fsp3) is 0.0455. The second-order valence-corrected chi connectivity index (χ2v) is 6.16. The molecule has 0 unspecified atom stereocenters. The number of fused-ring (bicyclic) bond motifs is 1. The molecule has 6 heteroatoms. The second kappa shape index (κ2) is 7.75. The van der Waals surface area contributed by atoms with Crippen molar-refractivity contribution >= 4 is 23.2 Å². The Hall–Kier alpha value is -3.93. The normalized spacial score (nSPS) is 11.0. The van der Waals surface area contributed by atoms with E-state index < -0.39 is 0 Å². The van der Waals surface area contributed by atoms with Gasteiger partial charge in [-0.05, 0) is 35.9 Å². The molecule has 1 heterocycles. The Morgan fingerprint density at radius 2 is 1.93 bits per heavy atom. The third kappa shape index (κ3) is 3.76. The van der Waals surface area contributed by atoms with Crippen molar-refractivity contribution in [2.24, 2.45) is 5.10 Å². The number of ether oxygens (including phenoxy) is 1. The van der Waals surface area contributed by atoms with Crippen LogP contribution in [0.25, 0.3) is 22.4 Å². The van der Waals surface area contributed by atoms with Crippen LogP contribution in [0.1, 0.15) is 15.9 Å². The van der Waals surface area contributed by atoms with E-state index in [1.807, 2.05) is 60.7 Å². The number of hydrogen-bond acceptors (Lipinski definition) is 4. The van der Waals surface area contributed by atoms with Gasteiger partial charge in [-0.15, -0.1) is 0 Å². The minimum Gasteiger partial charge on any atom is -0.497 e. The number of methoxy groups -OCH3 is 1. The zero-order valence-electron chi connectivity index (χ0n) is 15.2. The molecule has 0 saturated carbocycles. The Morgan fingerprint density at radius 1 is 1.07 bits per heavy atom. The first-order valence-electron chi connectivity index (χ1n) is 8.75. The number of imidazole rings is 1. The van der Waals surface area contributed by atoms with Gasteiger partial charge in [0.1, 0.15) is 11.6 Å². The van der Waals surface area contributed by atoms with Crippen LogP contribution in [0, 0.1) is 0 Å². The molecule has 3 aromatic carbocycles. The minimum absolute atomic E-state index is 0.295. The highest BCUT2D eigenvalue weighted by molar-refractivity contribution is 5.98. The molecule has 0 atom stereocenters. The second-order valence-electron chi connectivity index (χ2n) is 6.16. The van der Waals surface area contributed by atoms with Crippen molar-refractivity contribution in [1.82, 2.24) is 15.4 Å². The lowest BCUT2D eigenvalue weighted by Gasteiger charge is -2.01. The van der Waals surface area contributed by atoms with Crippen molar-refractivity contribution in [2.75, 3.05) is 7.11 Å². The van der Waals surface area contributed by atoms with Crippen LogP contribution < -0.4 is 10.2 Å². The number of nitrogens with one attached hydrogen (secondary N) is 2. The van der Waals surface area contributed by atoms with E-state index in [0.717, 1.165) is 33.7 Å². The minimum atomic E-state index is -0.295. The summed E-state index contributed by atoms with van der Waals surface area (Å²) < 4.78 is 5.17. The largest absolute Gasteiger partial charge is 0.497 e. The Bertz CT molecular complexity index is 1150. The molecule has 1 amide bonds. The molecule has 0 bridgehead atoms. The molecular weight excluding hydrogens is 352 g/mol. The summed E-state index contributed by atoms with van der Waals surface area (Å²) in [4.78, 5) is 20.2. The summed E-state index contributed by atoms with van der Waals surface area (Å²) in [7, 11) is 1.60. The third-order valence-corrected chi connectivity index (χ3v) is 4.26. The van der Waals surface area contributed by atoms with Gasteiger partial charge in [-0.3, -0.25) is 4.79 Å². The summed E-state index contributed by atoms with van der Waals surface area (Å²) in [5, 5.41) is 4.02. The summed E-state index contributed by atoms with van der Waals surface area (Å²) in [6, 6.07) is 22.6. The molecule has 0 saturated heterocycles.